The van der Waals surface area contributed by atoms with Crippen molar-refractivity contribution in [1.82, 2.24) is 5.32 Å². The van der Waals surface area contributed by atoms with E-state index >= 15 is 0 Å². The van der Waals surface area contributed by atoms with Gasteiger partial charge in [0.25, 0.3) is 0 Å². The summed E-state index contributed by atoms with van der Waals surface area (Å²) in [6, 6.07) is 4.11. The van der Waals surface area contributed by atoms with Crippen LogP contribution in [0.4, 0.5) is 5.69 Å². The number of esters is 1. The summed E-state index contributed by atoms with van der Waals surface area (Å²) in [6.07, 6.45) is 16.8. The van der Waals surface area contributed by atoms with Crippen LogP contribution in [0.1, 0.15) is 64.9 Å². The van der Waals surface area contributed by atoms with E-state index < -0.39 is 36.2 Å². The number of methoxy groups -OCH3 is 1. The van der Waals surface area contributed by atoms with Crippen molar-refractivity contribution in [3.63, 3.8) is 0 Å². The quantitative estimate of drug-likeness (QED) is 0.267. The highest BCUT2D eigenvalue weighted by Gasteiger charge is 2.30. The summed E-state index contributed by atoms with van der Waals surface area (Å²) < 4.78 is 11.3. The predicted molar refractivity (Wildman–Crippen MR) is 171 cm³/mol. The number of rotatable bonds is 5. The van der Waals surface area contributed by atoms with Crippen LogP contribution in [0.5, 0.6) is 5.75 Å². The summed E-state index contributed by atoms with van der Waals surface area (Å²) in [5.41, 5.74) is 2.74. The molecule has 44 heavy (non-hydrogen) atoms. The fraction of sp³-hybridized carbons (Fsp3) is 0.457. The molecule has 0 spiro atoms. The summed E-state index contributed by atoms with van der Waals surface area (Å²) in [6.45, 7) is 5.27. The first kappa shape index (κ1) is 34.5. The number of amides is 2. The van der Waals surface area contributed by atoms with Gasteiger partial charge >= 0.3 is 5.97 Å². The molecular weight excluding hydrogens is 560 g/mol. The van der Waals surface area contributed by atoms with Crippen molar-refractivity contribution in [2.45, 2.75) is 90.1 Å². The number of aliphatic hydroxyl groups is 1. The first-order valence-electron chi connectivity index (χ1n) is 15.3. The zero-order valence-corrected chi connectivity index (χ0v) is 26.1. The lowest BCUT2D eigenvalue weighted by Gasteiger charge is -2.29. The molecule has 1 aliphatic carbocycles. The van der Waals surface area contributed by atoms with Crippen LogP contribution in [0.25, 0.3) is 0 Å². The third kappa shape index (κ3) is 11.0. The van der Waals surface area contributed by atoms with E-state index in [9.17, 15) is 24.6 Å². The second-order valence-corrected chi connectivity index (χ2v) is 11.4. The Balaban J connectivity index is 1.80. The molecule has 0 saturated heterocycles. The van der Waals surface area contributed by atoms with Crippen molar-refractivity contribution in [1.29, 1.82) is 0 Å². The molecule has 4 N–H and O–H groups in total. The summed E-state index contributed by atoms with van der Waals surface area (Å²) in [4.78, 5) is 38.2. The van der Waals surface area contributed by atoms with Crippen LogP contribution in [0.3, 0.4) is 0 Å². The van der Waals surface area contributed by atoms with E-state index in [-0.39, 0.29) is 24.0 Å². The van der Waals surface area contributed by atoms with Crippen molar-refractivity contribution < 1.29 is 34.1 Å². The van der Waals surface area contributed by atoms with Gasteiger partial charge in [-0.05, 0) is 69.2 Å². The molecule has 0 radical (unpaired) electrons. The van der Waals surface area contributed by atoms with Gasteiger partial charge in [0.2, 0.25) is 11.8 Å². The molecule has 0 fully saturated rings. The third-order valence-corrected chi connectivity index (χ3v) is 7.87. The molecule has 2 bridgehead atoms. The van der Waals surface area contributed by atoms with Crippen molar-refractivity contribution in [3.05, 3.63) is 83.5 Å². The van der Waals surface area contributed by atoms with E-state index in [2.05, 4.69) is 10.6 Å². The summed E-state index contributed by atoms with van der Waals surface area (Å²) in [7, 11) is 1.53. The van der Waals surface area contributed by atoms with Crippen LogP contribution >= 0.6 is 0 Å². The molecule has 1 aromatic carbocycles. The number of phenols is 1. The Morgan fingerprint density at radius 2 is 1.84 bits per heavy atom. The maximum Gasteiger partial charge on any atom is 0.328 e. The van der Waals surface area contributed by atoms with Crippen molar-refractivity contribution in [2.75, 3.05) is 12.4 Å². The molecule has 2 amide bonds. The van der Waals surface area contributed by atoms with Crippen molar-refractivity contribution in [2.24, 2.45) is 5.92 Å². The fourth-order valence-electron chi connectivity index (χ4n) is 5.17. The van der Waals surface area contributed by atoms with Gasteiger partial charge < -0.3 is 30.3 Å². The second kappa shape index (κ2) is 17.4. The molecule has 9 heteroatoms. The van der Waals surface area contributed by atoms with E-state index in [4.69, 9.17) is 9.47 Å². The zero-order chi connectivity index (χ0) is 32.1. The van der Waals surface area contributed by atoms with Crippen LogP contribution in [0.15, 0.2) is 78.0 Å². The average Bonchev–Trinajstić information content (AvgIpc) is 3.53. The average molecular weight is 607 g/mol. The molecule has 0 unspecified atom stereocenters. The minimum atomic E-state index is -0.882. The maximum absolute atomic E-state index is 13.0. The number of phenolic OH excluding ortho intramolecular Hbond substituents is 1. The highest BCUT2D eigenvalue weighted by atomic mass is 16.5. The fourth-order valence-corrected chi connectivity index (χ4v) is 5.17. The number of carbonyl (C=O) groups excluding carboxylic acids is 3. The molecule has 238 valence electrons. The lowest BCUT2D eigenvalue weighted by atomic mass is 9.90. The van der Waals surface area contributed by atoms with Crippen molar-refractivity contribution in [3.8, 4) is 5.75 Å². The van der Waals surface area contributed by atoms with E-state index in [1.807, 2.05) is 50.3 Å². The highest BCUT2D eigenvalue weighted by Crippen LogP contribution is 2.25. The number of nitrogens with one attached hydrogen (secondary N) is 2. The Morgan fingerprint density at radius 1 is 1.07 bits per heavy atom. The number of fused-ring (bicyclic) bond motifs is 2. The Morgan fingerprint density at radius 3 is 2.57 bits per heavy atom. The lowest BCUT2D eigenvalue weighted by molar-refractivity contribution is -0.156. The van der Waals surface area contributed by atoms with Crippen LogP contribution in [-0.4, -0.2) is 59.5 Å². The van der Waals surface area contributed by atoms with Gasteiger partial charge in [-0.25, -0.2) is 4.79 Å². The number of hydrogen-bond donors (Lipinski definition) is 4. The Bertz CT molecular complexity index is 1310. The topological polar surface area (TPSA) is 134 Å². The first-order valence-corrected chi connectivity index (χ1v) is 15.3. The Labute approximate surface area is 260 Å². The minimum Gasteiger partial charge on any atom is -0.508 e. The van der Waals surface area contributed by atoms with Crippen LogP contribution in [0, 0.1) is 5.92 Å². The molecular formula is C35H46N2O7. The Kier molecular flexibility index (Phi) is 13.6. The zero-order valence-electron chi connectivity index (χ0n) is 26.1. The summed E-state index contributed by atoms with van der Waals surface area (Å²) in [5.74, 6) is -1.46. The van der Waals surface area contributed by atoms with Gasteiger partial charge in [-0.15, -0.1) is 0 Å². The largest absolute Gasteiger partial charge is 0.508 e. The number of anilines is 1. The molecule has 1 aromatic rings. The van der Waals surface area contributed by atoms with E-state index in [0.29, 0.717) is 36.9 Å². The molecule has 9 nitrogen and oxygen atoms in total. The summed E-state index contributed by atoms with van der Waals surface area (Å²) in [5, 5.41) is 27.0. The van der Waals surface area contributed by atoms with Gasteiger partial charge in [0.15, 0.2) is 0 Å². The van der Waals surface area contributed by atoms with Crippen LogP contribution < -0.4 is 10.6 Å². The standard InChI is InChI=1S/C35H46N2O7/c1-23-13-12-14-26-19-28(21-29(38)20-26)37-32(39)22-30(43-4)17-8-6-5-7-9-18-31(24(2)33(23)40)44-35(42)25(3)36-34(41)27-15-10-11-16-27/h5-9,13,15,17,19-21,24-25,30-31,33,38,40H,10-12,14,16,18,22H2,1-4H3,(H,36,41)(H,37,39)/b6-5+,9-7+,17-8+,23-13-/t24-,25+,30-,31-,33-/m0/s1. The number of aromatic hydroxyl groups is 1. The van der Waals surface area contributed by atoms with Crippen molar-refractivity contribution >= 4 is 23.5 Å². The molecule has 5 atom stereocenters. The number of allylic oxidation sites excluding steroid dienone is 6. The van der Waals surface area contributed by atoms with E-state index in [1.165, 1.54) is 13.2 Å². The number of aryl methyl sites for hydroxylation is 1. The number of aliphatic hydroxyl groups excluding tert-OH is 1. The van der Waals surface area contributed by atoms with Gasteiger partial charge in [-0.3, -0.25) is 9.59 Å². The maximum atomic E-state index is 13.0. The van der Waals surface area contributed by atoms with Gasteiger partial charge in [0.05, 0.1) is 18.6 Å². The first-order chi connectivity index (χ1) is 21.1. The molecule has 1 aliphatic heterocycles. The monoisotopic (exact) mass is 606 g/mol. The van der Waals surface area contributed by atoms with Crippen LogP contribution in [0.2, 0.25) is 0 Å². The normalized spacial score (nSPS) is 27.7. The smallest absolute Gasteiger partial charge is 0.328 e. The van der Waals surface area contributed by atoms with Crippen LogP contribution in [-0.2, 0) is 30.3 Å². The lowest BCUT2D eigenvalue weighted by Crippen LogP contribution is -2.43. The van der Waals surface area contributed by atoms with E-state index in [0.717, 1.165) is 24.0 Å². The second-order valence-electron chi connectivity index (χ2n) is 11.4. The SMILES string of the molecule is CO[C@H]1/C=C/C=C/C=C/C[C@H](OC(=O)[C@@H](C)NC(=O)C2=CCCC2)[C@H](C)[C@@H](O)/C(C)=C\CCc2cc(O)cc(c2)NC(=O)C1. The number of carbonyl (C=O) groups is 3. The number of benzene rings is 1. The Hall–Kier alpha value is -3.95. The van der Waals surface area contributed by atoms with E-state index in [1.54, 1.807) is 31.2 Å². The van der Waals surface area contributed by atoms with Gasteiger partial charge in [0, 0.05) is 36.8 Å². The van der Waals surface area contributed by atoms with Gasteiger partial charge in [0.1, 0.15) is 17.9 Å². The highest BCUT2D eigenvalue weighted by molar-refractivity contribution is 5.96. The molecule has 1 heterocycles. The number of ether oxygens (including phenoxy) is 2. The molecule has 0 saturated carbocycles. The van der Waals surface area contributed by atoms with Gasteiger partial charge in [-0.1, -0.05) is 55.5 Å². The minimum absolute atomic E-state index is 0.0430. The summed E-state index contributed by atoms with van der Waals surface area (Å²) >= 11 is 0. The molecule has 0 aromatic heterocycles. The van der Waals surface area contributed by atoms with Gasteiger partial charge in [-0.2, -0.15) is 0 Å². The number of hydrogen-bond acceptors (Lipinski definition) is 7. The molecule has 2 aliphatic rings. The third-order valence-electron chi connectivity index (χ3n) is 7.87. The predicted octanol–water partition coefficient (Wildman–Crippen LogP) is 5.21. The molecule has 3 rings (SSSR count).